The Morgan fingerprint density at radius 1 is 1.19 bits per heavy atom. The van der Waals surface area contributed by atoms with Gasteiger partial charge in [-0.2, -0.15) is 0 Å². The van der Waals surface area contributed by atoms with Crippen LogP contribution in [-0.4, -0.2) is 27.7 Å². The lowest BCUT2D eigenvalue weighted by molar-refractivity contribution is 0.176. The first-order valence-corrected chi connectivity index (χ1v) is 9.42. The first kappa shape index (κ1) is 17.2. The molecule has 0 spiro atoms. The Morgan fingerprint density at radius 3 is 2.73 bits per heavy atom. The number of benzene rings is 1. The molecule has 0 aliphatic carbocycles. The minimum atomic E-state index is -0.235. The fourth-order valence-electron chi connectivity index (χ4n) is 4.17. The van der Waals surface area contributed by atoms with E-state index in [1.807, 2.05) is 17.6 Å². The molecule has 2 bridgehead atoms. The van der Waals surface area contributed by atoms with Gasteiger partial charge in [-0.1, -0.05) is 18.2 Å². The average Bonchev–Trinajstić information content (AvgIpc) is 2.63. The molecule has 0 unspecified atom stereocenters. The van der Waals surface area contributed by atoms with Gasteiger partial charge < -0.3 is 14.8 Å². The van der Waals surface area contributed by atoms with Crippen LogP contribution in [0.15, 0.2) is 47.3 Å². The summed E-state index contributed by atoms with van der Waals surface area (Å²) in [6.07, 6.45) is 1.11. The lowest BCUT2D eigenvalue weighted by Gasteiger charge is -2.44. The number of hydrogen-bond donors (Lipinski definition) is 1. The van der Waals surface area contributed by atoms with Crippen LogP contribution in [0.2, 0.25) is 0 Å². The quantitative estimate of drug-likeness (QED) is 0.824. The molecule has 2 aliphatic heterocycles. The van der Waals surface area contributed by atoms with Crippen molar-refractivity contribution < 1.29 is 4.39 Å². The summed E-state index contributed by atoms with van der Waals surface area (Å²) in [5.41, 5.74) is 2.21. The van der Waals surface area contributed by atoms with E-state index in [1.54, 1.807) is 18.2 Å². The Labute approximate surface area is 157 Å². The third-order valence-electron chi connectivity index (χ3n) is 5.48. The number of hydrogen-bond acceptors (Lipinski definition) is 2. The zero-order chi connectivity index (χ0) is 18.3. The second kappa shape index (κ2) is 6.83. The summed E-state index contributed by atoms with van der Waals surface area (Å²) in [5.74, 6) is 0.529. The molecule has 136 valence electrons. The van der Waals surface area contributed by atoms with Gasteiger partial charge in [0.2, 0.25) is 0 Å². The zero-order valence-corrected chi connectivity index (χ0v) is 15.5. The molecule has 6 heteroatoms. The van der Waals surface area contributed by atoms with Gasteiger partial charge >= 0.3 is 0 Å². The first-order chi connectivity index (χ1) is 12.5. The summed E-state index contributed by atoms with van der Waals surface area (Å²) >= 11 is 5.65. The molecule has 1 aromatic heterocycles. The minimum absolute atomic E-state index is 0.0137. The molecule has 4 nitrogen and oxygen atoms in total. The number of likely N-dealkylation sites (tertiary alicyclic amines) is 1. The van der Waals surface area contributed by atoms with Gasteiger partial charge in [-0.3, -0.25) is 4.79 Å². The number of fused-ring (bicyclic) bond motifs is 4. The van der Waals surface area contributed by atoms with E-state index in [1.165, 1.54) is 12.1 Å². The van der Waals surface area contributed by atoms with Gasteiger partial charge in [-0.15, -0.1) is 0 Å². The van der Waals surface area contributed by atoms with Gasteiger partial charge in [0, 0.05) is 37.3 Å². The number of aromatic nitrogens is 1. The summed E-state index contributed by atoms with van der Waals surface area (Å²) in [4.78, 5) is 14.3. The van der Waals surface area contributed by atoms with E-state index in [2.05, 4.69) is 16.3 Å². The monoisotopic (exact) mass is 371 g/mol. The van der Waals surface area contributed by atoms with Crippen molar-refractivity contribution >= 4 is 17.3 Å². The lowest BCUT2D eigenvalue weighted by atomic mass is 9.83. The van der Waals surface area contributed by atoms with Gasteiger partial charge in [0.15, 0.2) is 5.11 Å². The third-order valence-corrected chi connectivity index (χ3v) is 5.85. The number of nitrogens with one attached hydrogen (secondary N) is 1. The van der Waals surface area contributed by atoms with E-state index in [0.717, 1.165) is 42.4 Å². The maximum Gasteiger partial charge on any atom is 0.250 e. The summed E-state index contributed by atoms with van der Waals surface area (Å²) < 4.78 is 15.0. The second-order valence-electron chi connectivity index (χ2n) is 7.33. The number of pyridine rings is 1. The molecule has 0 amide bonds. The van der Waals surface area contributed by atoms with Crippen molar-refractivity contribution in [1.82, 2.24) is 14.8 Å². The zero-order valence-electron chi connectivity index (χ0n) is 14.7. The largest absolute Gasteiger partial charge is 0.356 e. The maximum absolute atomic E-state index is 13.1. The highest BCUT2D eigenvalue weighted by Crippen LogP contribution is 2.35. The Bertz CT molecular complexity index is 879. The number of thiocarbonyl (C=S) groups is 1. The summed E-state index contributed by atoms with van der Waals surface area (Å²) in [6.45, 7) is 4.47. The molecule has 0 radical (unpaired) electrons. The molecule has 1 N–H and O–H groups in total. The maximum atomic E-state index is 13.1. The molecule has 2 aromatic rings. The molecule has 3 atom stereocenters. The molecular formula is C20H22FN3OS. The van der Waals surface area contributed by atoms with Gasteiger partial charge in [-0.05, 0) is 55.2 Å². The Balaban J connectivity index is 1.47. The van der Waals surface area contributed by atoms with Gasteiger partial charge in [0.1, 0.15) is 5.82 Å². The van der Waals surface area contributed by atoms with Gasteiger partial charge in [0.05, 0.1) is 6.04 Å². The van der Waals surface area contributed by atoms with E-state index in [0.29, 0.717) is 11.8 Å². The van der Waals surface area contributed by atoms with Crippen LogP contribution in [0.1, 0.15) is 36.6 Å². The number of rotatable bonds is 2. The third kappa shape index (κ3) is 3.26. The minimum Gasteiger partial charge on any atom is -0.356 e. The van der Waals surface area contributed by atoms with Crippen LogP contribution in [0.3, 0.4) is 0 Å². The highest BCUT2D eigenvalue weighted by molar-refractivity contribution is 7.80. The van der Waals surface area contributed by atoms with Crippen molar-refractivity contribution in [3.05, 3.63) is 69.9 Å². The SMILES string of the molecule is C[C@H](NC(=S)N1C[C@H]2C[C@H](C1)c1cccc(=O)n1C2)c1ccc(F)cc1. The highest BCUT2D eigenvalue weighted by Gasteiger charge is 2.35. The molecular weight excluding hydrogens is 349 g/mol. The Kier molecular flexibility index (Phi) is 4.53. The van der Waals surface area contributed by atoms with Crippen LogP contribution >= 0.6 is 12.2 Å². The van der Waals surface area contributed by atoms with Crippen LogP contribution in [0, 0.1) is 11.7 Å². The Hall–Kier alpha value is -2.21. The lowest BCUT2D eigenvalue weighted by Crippen LogP contribution is -2.52. The summed E-state index contributed by atoms with van der Waals surface area (Å²) in [5, 5.41) is 4.10. The molecule has 1 fully saturated rings. The van der Waals surface area contributed by atoms with Crippen molar-refractivity contribution in [2.24, 2.45) is 5.92 Å². The van der Waals surface area contributed by atoms with E-state index in [-0.39, 0.29) is 17.4 Å². The normalized spacial score (nSPS) is 22.5. The molecule has 1 aromatic carbocycles. The van der Waals surface area contributed by atoms with E-state index in [9.17, 15) is 9.18 Å². The van der Waals surface area contributed by atoms with Crippen molar-refractivity contribution in [3.63, 3.8) is 0 Å². The van der Waals surface area contributed by atoms with Crippen molar-refractivity contribution in [2.45, 2.75) is 31.8 Å². The number of piperidine rings is 1. The van der Waals surface area contributed by atoms with Crippen molar-refractivity contribution in [2.75, 3.05) is 13.1 Å². The molecule has 3 heterocycles. The highest BCUT2D eigenvalue weighted by atomic mass is 32.1. The van der Waals surface area contributed by atoms with Crippen LogP contribution in [-0.2, 0) is 6.54 Å². The van der Waals surface area contributed by atoms with E-state index < -0.39 is 0 Å². The number of nitrogens with zero attached hydrogens (tertiary/aromatic N) is 2. The van der Waals surface area contributed by atoms with E-state index >= 15 is 0 Å². The average molecular weight is 371 g/mol. The molecule has 4 rings (SSSR count). The van der Waals surface area contributed by atoms with Crippen molar-refractivity contribution in [3.8, 4) is 0 Å². The van der Waals surface area contributed by atoms with Crippen LogP contribution < -0.4 is 10.9 Å². The molecule has 0 saturated carbocycles. The molecule has 1 saturated heterocycles. The van der Waals surface area contributed by atoms with Gasteiger partial charge in [0.25, 0.3) is 5.56 Å². The van der Waals surface area contributed by atoms with Crippen LogP contribution in [0.25, 0.3) is 0 Å². The fraction of sp³-hybridized carbons (Fsp3) is 0.400. The van der Waals surface area contributed by atoms with Crippen LogP contribution in [0.5, 0.6) is 0 Å². The predicted molar refractivity (Wildman–Crippen MR) is 104 cm³/mol. The predicted octanol–water partition coefficient (Wildman–Crippen LogP) is 3.04. The summed E-state index contributed by atoms with van der Waals surface area (Å²) in [7, 11) is 0. The van der Waals surface area contributed by atoms with Crippen molar-refractivity contribution in [1.29, 1.82) is 0 Å². The molecule has 2 aliphatic rings. The number of halogens is 1. The van der Waals surface area contributed by atoms with E-state index in [4.69, 9.17) is 12.2 Å². The second-order valence-corrected chi connectivity index (χ2v) is 7.71. The standard InChI is InChI=1S/C20H22FN3OS/c1-13(15-5-7-17(21)8-6-15)22-20(26)23-10-14-9-16(12-23)18-3-2-4-19(25)24(18)11-14/h2-8,13-14,16H,9-12H2,1H3,(H,22,26)/t13-,14+,16+/m0/s1. The first-order valence-electron chi connectivity index (χ1n) is 9.02. The Morgan fingerprint density at radius 2 is 1.96 bits per heavy atom. The van der Waals surface area contributed by atoms with Crippen LogP contribution in [0.4, 0.5) is 4.39 Å². The fourth-order valence-corrected chi connectivity index (χ4v) is 4.50. The smallest absolute Gasteiger partial charge is 0.250 e. The van der Waals surface area contributed by atoms with Gasteiger partial charge in [-0.25, -0.2) is 4.39 Å². The molecule has 26 heavy (non-hydrogen) atoms. The summed E-state index contributed by atoms with van der Waals surface area (Å²) in [6, 6.07) is 12.1. The topological polar surface area (TPSA) is 37.3 Å².